The number of anilines is 2. The Morgan fingerprint density at radius 2 is 1.86 bits per heavy atom. The number of rotatable bonds is 4. The van der Waals surface area contributed by atoms with Crippen LogP contribution in [-0.2, 0) is 0 Å². The van der Waals surface area contributed by atoms with E-state index in [0.717, 1.165) is 56.4 Å². The molecule has 2 aromatic carbocycles. The molecule has 9 heteroatoms. The Balaban J connectivity index is 1.40. The van der Waals surface area contributed by atoms with Crippen molar-refractivity contribution in [1.29, 1.82) is 0 Å². The summed E-state index contributed by atoms with van der Waals surface area (Å²) in [7, 11) is 0. The minimum absolute atomic E-state index is 0.176. The van der Waals surface area contributed by atoms with E-state index in [-0.39, 0.29) is 17.4 Å². The summed E-state index contributed by atoms with van der Waals surface area (Å²) in [6.45, 7) is 4.18. The number of hydrogen-bond donors (Lipinski definition) is 4. The van der Waals surface area contributed by atoms with Crippen molar-refractivity contribution in [2.75, 3.05) is 42.9 Å². The van der Waals surface area contributed by atoms with Crippen LogP contribution in [0.25, 0.3) is 33.3 Å². The number of aromatic amines is 2. The summed E-state index contributed by atoms with van der Waals surface area (Å²) >= 11 is 0. The lowest BCUT2D eigenvalue weighted by atomic mass is 9.83. The molecule has 4 aliphatic heterocycles. The summed E-state index contributed by atoms with van der Waals surface area (Å²) in [6, 6.07) is 11.1. The number of H-pyrrole nitrogens is 2. The fourth-order valence-corrected chi connectivity index (χ4v) is 6.48. The highest BCUT2D eigenvalue weighted by molar-refractivity contribution is 6.00. The Hall–Kier alpha value is -3.43. The molecule has 2 atom stereocenters. The van der Waals surface area contributed by atoms with E-state index in [2.05, 4.69) is 20.2 Å². The molecule has 4 aromatic rings. The molecule has 2 aromatic heterocycles. The Kier molecular flexibility index (Phi) is 5.44. The molecule has 4 fully saturated rings. The van der Waals surface area contributed by atoms with Gasteiger partial charge in [0.15, 0.2) is 0 Å². The minimum atomic E-state index is -0.479. The number of aliphatic hydroxyl groups excluding tert-OH is 1. The number of pyridine rings is 1. The van der Waals surface area contributed by atoms with Gasteiger partial charge in [-0.05, 0) is 69.0 Å². The average Bonchev–Trinajstić information content (AvgIpc) is 3.33. The number of benzene rings is 2. The number of halogens is 1. The molecular formula is C28H31FN6O2. The third-order valence-electron chi connectivity index (χ3n) is 8.43. The van der Waals surface area contributed by atoms with Crippen LogP contribution in [0.2, 0.25) is 0 Å². The molecule has 192 valence electrons. The highest BCUT2D eigenvalue weighted by Crippen LogP contribution is 2.38. The van der Waals surface area contributed by atoms with Gasteiger partial charge in [-0.15, -0.1) is 0 Å². The van der Waals surface area contributed by atoms with Gasteiger partial charge in [-0.2, -0.15) is 0 Å². The second kappa shape index (κ2) is 8.85. The lowest BCUT2D eigenvalue weighted by molar-refractivity contribution is 0.0976. The molecule has 0 saturated carbocycles. The Morgan fingerprint density at radius 1 is 1.03 bits per heavy atom. The number of nitrogens with one attached hydrogen (secondary N) is 3. The number of imidazole rings is 1. The number of piperidine rings is 4. The molecule has 0 radical (unpaired) electrons. The SMILES string of the molecule is O=c1[nH]c2cc(N3CCCC(O)C3)c(F)cc2c(N[C@H]2CN3CCC2CC3)c1-c1nc2ccccc2[nH]1. The lowest BCUT2D eigenvalue weighted by Crippen LogP contribution is -2.53. The minimum Gasteiger partial charge on any atom is -0.391 e. The zero-order chi connectivity index (χ0) is 25.1. The van der Waals surface area contributed by atoms with Gasteiger partial charge in [0, 0.05) is 31.1 Å². The van der Waals surface area contributed by atoms with Gasteiger partial charge in [0.1, 0.15) is 17.2 Å². The van der Waals surface area contributed by atoms with E-state index >= 15 is 4.39 Å². The van der Waals surface area contributed by atoms with E-state index in [9.17, 15) is 9.90 Å². The molecule has 8 rings (SSSR count). The highest BCUT2D eigenvalue weighted by Gasteiger charge is 2.35. The number of aromatic nitrogens is 3. The Labute approximate surface area is 213 Å². The van der Waals surface area contributed by atoms with E-state index in [0.29, 0.717) is 52.7 Å². The van der Waals surface area contributed by atoms with Crippen LogP contribution in [0.4, 0.5) is 15.8 Å². The molecule has 2 bridgehead atoms. The van der Waals surface area contributed by atoms with E-state index in [1.54, 1.807) is 6.07 Å². The summed E-state index contributed by atoms with van der Waals surface area (Å²) in [5, 5.41) is 14.5. The highest BCUT2D eigenvalue weighted by atomic mass is 19.1. The molecule has 0 aliphatic carbocycles. The lowest BCUT2D eigenvalue weighted by Gasteiger charge is -2.45. The standard InChI is InChI=1S/C28H31FN6O2/c29-19-12-18-22(13-24(19)35-9-3-4-17(36)14-35)33-28(37)25(27-31-20-5-1-2-6-21(20)32-27)26(18)30-23-15-34-10-7-16(23)8-11-34/h1-2,5-6,12-13,16-17,23,36H,3-4,7-11,14-15H2,(H,31,32)(H2,30,33,37)/t17?,23-/m0/s1. The van der Waals surface area contributed by atoms with Crippen LogP contribution in [0.3, 0.4) is 0 Å². The fourth-order valence-electron chi connectivity index (χ4n) is 6.48. The van der Waals surface area contributed by atoms with Gasteiger partial charge in [0.05, 0.1) is 34.0 Å². The van der Waals surface area contributed by atoms with Crippen LogP contribution in [0.15, 0.2) is 41.2 Å². The van der Waals surface area contributed by atoms with E-state index in [1.165, 1.54) is 6.07 Å². The van der Waals surface area contributed by atoms with Gasteiger partial charge in [0.25, 0.3) is 5.56 Å². The van der Waals surface area contributed by atoms with Crippen molar-refractivity contribution in [2.45, 2.75) is 37.8 Å². The van der Waals surface area contributed by atoms with Crippen LogP contribution < -0.4 is 15.8 Å². The number of β-amino-alcohol motifs (C(OH)–C–C–N with tert-alkyl or cyclic N) is 1. The molecule has 6 heterocycles. The first-order valence-corrected chi connectivity index (χ1v) is 13.3. The third kappa shape index (κ3) is 3.97. The van der Waals surface area contributed by atoms with Crippen LogP contribution in [0.1, 0.15) is 25.7 Å². The van der Waals surface area contributed by atoms with Crippen molar-refractivity contribution < 1.29 is 9.50 Å². The molecule has 4 aliphatic rings. The van der Waals surface area contributed by atoms with Gasteiger partial charge in [-0.3, -0.25) is 4.79 Å². The summed E-state index contributed by atoms with van der Waals surface area (Å²) < 4.78 is 15.7. The first-order chi connectivity index (χ1) is 18.0. The van der Waals surface area contributed by atoms with Crippen molar-refractivity contribution in [3.8, 4) is 11.4 Å². The molecule has 4 N–H and O–H groups in total. The number of hydrogen-bond acceptors (Lipinski definition) is 6. The monoisotopic (exact) mass is 502 g/mol. The summed E-state index contributed by atoms with van der Waals surface area (Å²) in [6.07, 6.45) is 3.28. The predicted octanol–water partition coefficient (Wildman–Crippen LogP) is 3.68. The first-order valence-electron chi connectivity index (χ1n) is 13.3. The second-order valence-electron chi connectivity index (χ2n) is 10.8. The van der Waals surface area contributed by atoms with E-state index < -0.39 is 6.10 Å². The van der Waals surface area contributed by atoms with E-state index in [1.807, 2.05) is 29.2 Å². The molecular weight excluding hydrogens is 471 g/mol. The summed E-state index contributed by atoms with van der Waals surface area (Å²) in [5.41, 5.74) is 3.36. The largest absolute Gasteiger partial charge is 0.391 e. The second-order valence-corrected chi connectivity index (χ2v) is 10.8. The van der Waals surface area contributed by atoms with Crippen LogP contribution in [0.5, 0.6) is 0 Å². The molecule has 0 spiro atoms. The summed E-state index contributed by atoms with van der Waals surface area (Å²) in [5.74, 6) is 0.625. The topological polar surface area (TPSA) is 100 Å². The molecule has 1 unspecified atom stereocenters. The Morgan fingerprint density at radius 3 is 2.62 bits per heavy atom. The zero-order valence-electron chi connectivity index (χ0n) is 20.6. The van der Waals surface area contributed by atoms with Crippen LogP contribution >= 0.6 is 0 Å². The number of nitrogens with zero attached hydrogens (tertiary/aromatic N) is 3. The van der Waals surface area contributed by atoms with Crippen molar-refractivity contribution in [1.82, 2.24) is 19.9 Å². The quantitative estimate of drug-likeness (QED) is 0.340. The maximum atomic E-state index is 15.7. The molecule has 37 heavy (non-hydrogen) atoms. The van der Waals surface area contributed by atoms with Gasteiger partial charge in [-0.1, -0.05) is 12.1 Å². The molecule has 0 amide bonds. The smallest absolute Gasteiger partial charge is 0.261 e. The average molecular weight is 503 g/mol. The first kappa shape index (κ1) is 22.7. The van der Waals surface area contributed by atoms with Gasteiger partial charge < -0.3 is 30.2 Å². The summed E-state index contributed by atoms with van der Waals surface area (Å²) in [4.78, 5) is 29.0. The fraction of sp³-hybridized carbons (Fsp3) is 0.429. The van der Waals surface area contributed by atoms with Gasteiger partial charge in [0.2, 0.25) is 0 Å². The molecule has 8 nitrogen and oxygen atoms in total. The van der Waals surface area contributed by atoms with Gasteiger partial charge >= 0.3 is 0 Å². The zero-order valence-corrected chi connectivity index (χ0v) is 20.6. The molecule has 4 saturated heterocycles. The maximum absolute atomic E-state index is 15.7. The van der Waals surface area contributed by atoms with Crippen molar-refractivity contribution >= 4 is 33.3 Å². The van der Waals surface area contributed by atoms with E-state index in [4.69, 9.17) is 4.98 Å². The predicted molar refractivity (Wildman–Crippen MR) is 144 cm³/mol. The third-order valence-corrected chi connectivity index (χ3v) is 8.43. The van der Waals surface area contributed by atoms with Crippen molar-refractivity contribution in [3.05, 3.63) is 52.6 Å². The van der Waals surface area contributed by atoms with Crippen LogP contribution in [-0.4, -0.2) is 69.8 Å². The van der Waals surface area contributed by atoms with Crippen LogP contribution in [0, 0.1) is 11.7 Å². The number of para-hydroxylation sites is 2. The van der Waals surface area contributed by atoms with Crippen molar-refractivity contribution in [2.24, 2.45) is 5.92 Å². The van der Waals surface area contributed by atoms with Crippen molar-refractivity contribution in [3.63, 3.8) is 0 Å². The normalized spacial score (nSPS) is 25.7. The maximum Gasteiger partial charge on any atom is 0.261 e. The Bertz CT molecular complexity index is 1510. The number of fused-ring (bicyclic) bond motifs is 5. The number of aliphatic hydroxyl groups is 1. The van der Waals surface area contributed by atoms with Gasteiger partial charge in [-0.25, -0.2) is 9.37 Å².